The van der Waals surface area contributed by atoms with Gasteiger partial charge >= 0.3 is 0 Å². The van der Waals surface area contributed by atoms with Gasteiger partial charge in [0, 0.05) is 29.5 Å². The van der Waals surface area contributed by atoms with E-state index in [0.29, 0.717) is 0 Å². The lowest BCUT2D eigenvalue weighted by atomic mass is 9.87. The molecule has 0 saturated carbocycles. The molecule has 0 aromatic carbocycles. The van der Waals surface area contributed by atoms with Gasteiger partial charge in [0.05, 0.1) is 10.5 Å². The molecule has 2 N–H and O–H groups in total. The van der Waals surface area contributed by atoms with E-state index in [1.165, 1.54) is 10.4 Å². The number of aromatic nitrogens is 2. The van der Waals surface area contributed by atoms with E-state index in [9.17, 15) is 4.79 Å². The van der Waals surface area contributed by atoms with E-state index in [2.05, 4.69) is 21.6 Å². The minimum absolute atomic E-state index is 0.0871. The fourth-order valence-corrected chi connectivity index (χ4v) is 4.03. The molecule has 22 heavy (non-hydrogen) atoms. The average molecular weight is 338 g/mol. The Kier molecular flexibility index (Phi) is 5.16. The minimum Gasteiger partial charge on any atom is -0.356 e. The van der Waals surface area contributed by atoms with Gasteiger partial charge in [0.25, 0.3) is 0 Å². The number of hydrogen-bond acceptors (Lipinski definition) is 3. The third-order valence-electron chi connectivity index (χ3n) is 4.17. The van der Waals surface area contributed by atoms with Crippen molar-refractivity contribution in [1.82, 2.24) is 15.5 Å². The summed E-state index contributed by atoms with van der Waals surface area (Å²) in [6, 6.07) is 4.02. The molecule has 2 aromatic heterocycles. The lowest BCUT2D eigenvalue weighted by molar-refractivity contribution is -0.125. The number of fused-ring (bicyclic) bond motifs is 1. The zero-order chi connectivity index (χ0) is 15.4. The molecule has 118 valence electrons. The van der Waals surface area contributed by atoms with Crippen LogP contribution in [0.4, 0.5) is 0 Å². The van der Waals surface area contributed by atoms with E-state index in [1.807, 2.05) is 12.3 Å². The number of thiophene rings is 1. The molecule has 1 unspecified atom stereocenters. The summed E-state index contributed by atoms with van der Waals surface area (Å²) in [4.78, 5) is 13.5. The lowest BCUT2D eigenvalue weighted by Gasteiger charge is -2.20. The van der Waals surface area contributed by atoms with E-state index in [1.54, 1.807) is 11.3 Å². The van der Waals surface area contributed by atoms with Gasteiger partial charge in [-0.1, -0.05) is 11.6 Å². The van der Waals surface area contributed by atoms with Gasteiger partial charge in [0.1, 0.15) is 0 Å². The van der Waals surface area contributed by atoms with Crippen molar-refractivity contribution in [1.29, 1.82) is 0 Å². The number of aryl methyl sites for hydroxylation is 2. The summed E-state index contributed by atoms with van der Waals surface area (Å²) in [6.45, 7) is 0.754. The van der Waals surface area contributed by atoms with Crippen LogP contribution in [0.3, 0.4) is 0 Å². The van der Waals surface area contributed by atoms with Crippen LogP contribution < -0.4 is 5.32 Å². The van der Waals surface area contributed by atoms with Crippen molar-refractivity contribution in [3.05, 3.63) is 38.8 Å². The number of H-pyrrole nitrogens is 1. The quantitative estimate of drug-likeness (QED) is 0.794. The zero-order valence-corrected chi connectivity index (χ0v) is 14.0. The fourth-order valence-electron chi connectivity index (χ4n) is 2.90. The fraction of sp³-hybridized carbons (Fsp3) is 0.500. The van der Waals surface area contributed by atoms with Crippen LogP contribution in [0, 0.1) is 5.92 Å². The molecule has 3 rings (SSSR count). The molecule has 4 nitrogen and oxygen atoms in total. The number of halogens is 1. The second kappa shape index (κ2) is 7.29. The van der Waals surface area contributed by atoms with Gasteiger partial charge in [-0.05, 0) is 49.8 Å². The third-order valence-corrected chi connectivity index (χ3v) is 5.46. The van der Waals surface area contributed by atoms with Crippen molar-refractivity contribution in [3.8, 4) is 0 Å². The number of carbonyl (C=O) groups is 1. The van der Waals surface area contributed by atoms with E-state index < -0.39 is 0 Å². The minimum atomic E-state index is 0.0871. The van der Waals surface area contributed by atoms with Crippen LogP contribution in [0.25, 0.3) is 0 Å². The predicted octanol–water partition coefficient (Wildman–Crippen LogP) is 3.37. The molecule has 1 amide bonds. The van der Waals surface area contributed by atoms with Gasteiger partial charge in [-0.3, -0.25) is 9.89 Å². The van der Waals surface area contributed by atoms with Crippen LogP contribution in [-0.2, 0) is 24.1 Å². The number of amides is 1. The smallest absolute Gasteiger partial charge is 0.223 e. The second-order valence-electron chi connectivity index (χ2n) is 5.77. The Labute approximate surface area is 139 Å². The molecule has 1 atom stereocenters. The Bertz CT molecular complexity index is 637. The Hall–Kier alpha value is -1.33. The molecule has 1 aliphatic rings. The molecular weight excluding hydrogens is 318 g/mol. The number of rotatable bonds is 6. The summed E-state index contributed by atoms with van der Waals surface area (Å²) in [5.74, 6) is 0.267. The first-order valence-corrected chi connectivity index (χ1v) is 8.95. The number of nitrogens with one attached hydrogen (secondary N) is 2. The molecule has 2 heterocycles. The average Bonchev–Trinajstić information content (AvgIpc) is 3.14. The first kappa shape index (κ1) is 15.6. The molecule has 0 radical (unpaired) electrons. The molecule has 1 aliphatic carbocycles. The molecule has 2 aromatic rings. The number of nitrogens with zero attached hydrogens (tertiary/aromatic N) is 1. The zero-order valence-electron chi connectivity index (χ0n) is 12.4. The van der Waals surface area contributed by atoms with Gasteiger partial charge in [-0.25, -0.2) is 0 Å². The number of aromatic amines is 1. The van der Waals surface area contributed by atoms with Crippen molar-refractivity contribution in [3.63, 3.8) is 0 Å². The SMILES string of the molecule is O=C(NCCCCc1ccc(Cl)s1)C1CCc2cn[nH]c2C1. The largest absolute Gasteiger partial charge is 0.356 e. The number of carbonyl (C=O) groups excluding carboxylic acids is 1. The second-order valence-corrected chi connectivity index (χ2v) is 7.57. The highest BCUT2D eigenvalue weighted by Crippen LogP contribution is 2.24. The van der Waals surface area contributed by atoms with E-state index in [0.717, 1.165) is 55.1 Å². The first-order chi connectivity index (χ1) is 10.7. The van der Waals surface area contributed by atoms with Crippen molar-refractivity contribution in [2.45, 2.75) is 38.5 Å². The van der Waals surface area contributed by atoms with Crippen molar-refractivity contribution in [2.75, 3.05) is 6.54 Å². The normalized spacial score (nSPS) is 17.2. The van der Waals surface area contributed by atoms with Gasteiger partial charge in [-0.15, -0.1) is 11.3 Å². The predicted molar refractivity (Wildman–Crippen MR) is 89.4 cm³/mol. The summed E-state index contributed by atoms with van der Waals surface area (Å²) in [6.07, 6.45) is 7.65. The van der Waals surface area contributed by atoms with Crippen LogP contribution in [0.2, 0.25) is 4.34 Å². The molecule has 6 heteroatoms. The molecular formula is C16H20ClN3OS. The summed E-state index contributed by atoms with van der Waals surface area (Å²) in [5, 5.41) is 10.1. The highest BCUT2D eigenvalue weighted by Gasteiger charge is 2.25. The van der Waals surface area contributed by atoms with Gasteiger partial charge in [-0.2, -0.15) is 5.10 Å². The van der Waals surface area contributed by atoms with Crippen molar-refractivity contribution < 1.29 is 4.79 Å². The summed E-state index contributed by atoms with van der Waals surface area (Å²) < 4.78 is 0.846. The van der Waals surface area contributed by atoms with E-state index in [-0.39, 0.29) is 11.8 Å². The lowest BCUT2D eigenvalue weighted by Crippen LogP contribution is -2.34. The monoisotopic (exact) mass is 337 g/mol. The third kappa shape index (κ3) is 3.90. The molecule has 0 spiro atoms. The standard InChI is InChI=1S/C16H20ClN3OS/c17-15-7-6-13(22-15)3-1-2-8-18-16(21)11-4-5-12-10-19-20-14(12)9-11/h6-7,10-11H,1-5,8-9H2,(H,18,21)(H,19,20). The summed E-state index contributed by atoms with van der Waals surface area (Å²) >= 11 is 7.55. The van der Waals surface area contributed by atoms with E-state index >= 15 is 0 Å². The number of hydrogen-bond donors (Lipinski definition) is 2. The van der Waals surface area contributed by atoms with Crippen LogP contribution in [0.15, 0.2) is 18.3 Å². The highest BCUT2D eigenvalue weighted by molar-refractivity contribution is 7.16. The maximum Gasteiger partial charge on any atom is 0.223 e. The van der Waals surface area contributed by atoms with Gasteiger partial charge in [0.2, 0.25) is 5.91 Å². The molecule has 0 aliphatic heterocycles. The topological polar surface area (TPSA) is 57.8 Å². The summed E-state index contributed by atoms with van der Waals surface area (Å²) in [5.41, 5.74) is 2.39. The van der Waals surface area contributed by atoms with Crippen LogP contribution in [0.1, 0.15) is 35.4 Å². The Morgan fingerprint density at radius 1 is 1.45 bits per heavy atom. The maximum absolute atomic E-state index is 12.2. The Morgan fingerprint density at radius 3 is 3.18 bits per heavy atom. The molecule has 0 fully saturated rings. The molecule has 0 bridgehead atoms. The first-order valence-electron chi connectivity index (χ1n) is 7.75. The summed E-state index contributed by atoms with van der Waals surface area (Å²) in [7, 11) is 0. The van der Waals surface area contributed by atoms with E-state index in [4.69, 9.17) is 11.6 Å². The maximum atomic E-state index is 12.2. The molecule has 0 saturated heterocycles. The van der Waals surface area contributed by atoms with Crippen molar-refractivity contribution >= 4 is 28.8 Å². The van der Waals surface area contributed by atoms with Crippen LogP contribution >= 0.6 is 22.9 Å². The Balaban J connectivity index is 1.34. The van der Waals surface area contributed by atoms with Gasteiger partial charge < -0.3 is 5.32 Å². The van der Waals surface area contributed by atoms with Crippen LogP contribution in [-0.4, -0.2) is 22.6 Å². The highest BCUT2D eigenvalue weighted by atomic mass is 35.5. The number of unbranched alkanes of at least 4 members (excludes halogenated alkanes) is 1. The van der Waals surface area contributed by atoms with Gasteiger partial charge in [0.15, 0.2) is 0 Å². The Morgan fingerprint density at radius 2 is 2.36 bits per heavy atom. The van der Waals surface area contributed by atoms with Crippen LogP contribution in [0.5, 0.6) is 0 Å². The van der Waals surface area contributed by atoms with Crippen molar-refractivity contribution in [2.24, 2.45) is 5.92 Å².